The van der Waals surface area contributed by atoms with E-state index >= 15 is 0 Å². The molecule has 0 aliphatic heterocycles. The smallest absolute Gasteiger partial charge is 0.147 e. The minimum Gasteiger partial charge on any atom is -0.488 e. The molecule has 1 aromatic heterocycles. The second-order valence-corrected chi connectivity index (χ2v) is 8.73. The summed E-state index contributed by atoms with van der Waals surface area (Å²) in [6.45, 7) is 3.98. The molecule has 0 saturated heterocycles. The van der Waals surface area contributed by atoms with Gasteiger partial charge in [0.15, 0.2) is 0 Å². The van der Waals surface area contributed by atoms with Crippen molar-refractivity contribution in [2.75, 3.05) is 0 Å². The molecule has 0 radical (unpaired) electrons. The Morgan fingerprint density at radius 1 is 0.871 bits per heavy atom. The van der Waals surface area contributed by atoms with Gasteiger partial charge in [0.2, 0.25) is 0 Å². The number of aryl methyl sites for hydroxylation is 1. The van der Waals surface area contributed by atoms with Gasteiger partial charge >= 0.3 is 0 Å². The van der Waals surface area contributed by atoms with Crippen LogP contribution < -0.4 is 10.5 Å². The van der Waals surface area contributed by atoms with E-state index < -0.39 is 0 Å². The summed E-state index contributed by atoms with van der Waals surface area (Å²) in [6.07, 6.45) is 3.76. The fourth-order valence-corrected chi connectivity index (χ4v) is 4.76. The summed E-state index contributed by atoms with van der Waals surface area (Å²) in [5.41, 5.74) is 11.4. The SMILES string of the molecule is Cc1ccc(F)cc1-c1cc2c([nH]c3ccc(F)cc32)c(OC2CCC(N)CC2)c1C. The highest BCUT2D eigenvalue weighted by Crippen LogP contribution is 2.42. The highest BCUT2D eigenvalue weighted by Gasteiger charge is 2.24. The van der Waals surface area contributed by atoms with Crippen LogP contribution >= 0.6 is 0 Å². The first-order valence-corrected chi connectivity index (χ1v) is 10.8. The van der Waals surface area contributed by atoms with Gasteiger partial charge in [0.1, 0.15) is 17.4 Å². The number of nitrogens with two attached hydrogens (primary N) is 1. The lowest BCUT2D eigenvalue weighted by Crippen LogP contribution is -2.31. The summed E-state index contributed by atoms with van der Waals surface area (Å²) in [6, 6.07) is 11.8. The summed E-state index contributed by atoms with van der Waals surface area (Å²) in [5.74, 6) is 0.184. The van der Waals surface area contributed by atoms with Crippen molar-refractivity contribution in [3.05, 3.63) is 65.2 Å². The van der Waals surface area contributed by atoms with Crippen LogP contribution in [0.3, 0.4) is 0 Å². The monoisotopic (exact) mass is 420 g/mol. The minimum absolute atomic E-state index is 0.0775. The molecule has 0 amide bonds. The Morgan fingerprint density at radius 3 is 2.35 bits per heavy atom. The quantitative estimate of drug-likeness (QED) is 0.396. The first-order chi connectivity index (χ1) is 14.9. The number of nitrogens with one attached hydrogen (secondary N) is 1. The number of hydrogen-bond donors (Lipinski definition) is 2. The van der Waals surface area contributed by atoms with Crippen LogP contribution in [0, 0.1) is 25.5 Å². The summed E-state index contributed by atoms with van der Waals surface area (Å²) < 4.78 is 34.8. The molecule has 1 heterocycles. The lowest BCUT2D eigenvalue weighted by atomic mass is 9.92. The third-order valence-corrected chi connectivity index (χ3v) is 6.55. The molecule has 0 spiro atoms. The third kappa shape index (κ3) is 3.57. The van der Waals surface area contributed by atoms with Crippen molar-refractivity contribution in [1.29, 1.82) is 0 Å². The predicted molar refractivity (Wildman–Crippen MR) is 121 cm³/mol. The van der Waals surface area contributed by atoms with Gasteiger partial charge in [-0.2, -0.15) is 0 Å². The molecule has 3 aromatic carbocycles. The molecule has 1 saturated carbocycles. The van der Waals surface area contributed by atoms with Crippen molar-refractivity contribution < 1.29 is 13.5 Å². The highest BCUT2D eigenvalue weighted by atomic mass is 19.1. The zero-order valence-electron chi connectivity index (χ0n) is 17.8. The molecule has 31 heavy (non-hydrogen) atoms. The largest absolute Gasteiger partial charge is 0.488 e. The molecule has 3 N–H and O–H groups in total. The standard InChI is InChI=1S/C26H26F2N2O/c1-14-3-4-16(27)11-20(14)21-13-23-22-12-17(28)5-10-24(22)30-25(23)26(15(21)2)31-19-8-6-18(29)7-9-19/h3-5,10-13,18-19,30H,6-9,29H2,1-2H3. The molecule has 1 fully saturated rings. The van der Waals surface area contributed by atoms with E-state index in [2.05, 4.69) is 4.98 Å². The molecule has 0 bridgehead atoms. The topological polar surface area (TPSA) is 51.0 Å². The van der Waals surface area contributed by atoms with Crippen LogP contribution in [0.1, 0.15) is 36.8 Å². The van der Waals surface area contributed by atoms with E-state index in [0.717, 1.165) is 75.5 Å². The van der Waals surface area contributed by atoms with Gasteiger partial charge in [0.25, 0.3) is 0 Å². The summed E-state index contributed by atoms with van der Waals surface area (Å²) >= 11 is 0. The molecule has 1 aliphatic rings. The van der Waals surface area contributed by atoms with Gasteiger partial charge in [-0.25, -0.2) is 8.78 Å². The average Bonchev–Trinajstić information content (AvgIpc) is 3.11. The van der Waals surface area contributed by atoms with E-state index in [0.29, 0.717) is 0 Å². The van der Waals surface area contributed by atoms with Crippen LogP contribution in [0.25, 0.3) is 32.9 Å². The van der Waals surface area contributed by atoms with Gasteiger partial charge in [0, 0.05) is 27.9 Å². The van der Waals surface area contributed by atoms with Crippen LogP contribution in [0.15, 0.2) is 42.5 Å². The van der Waals surface area contributed by atoms with Crippen LogP contribution in [0.4, 0.5) is 8.78 Å². The minimum atomic E-state index is -0.291. The lowest BCUT2D eigenvalue weighted by Gasteiger charge is -2.28. The molecule has 1 aliphatic carbocycles. The first kappa shape index (κ1) is 20.0. The van der Waals surface area contributed by atoms with Crippen LogP contribution in [0.2, 0.25) is 0 Å². The maximum atomic E-state index is 14.1. The van der Waals surface area contributed by atoms with E-state index in [9.17, 15) is 8.78 Å². The van der Waals surface area contributed by atoms with E-state index in [1.807, 2.05) is 19.9 Å². The number of benzene rings is 3. The molecule has 0 unspecified atom stereocenters. The molecule has 3 nitrogen and oxygen atoms in total. The normalized spacial score (nSPS) is 19.3. The van der Waals surface area contributed by atoms with Gasteiger partial charge in [0.05, 0.1) is 11.6 Å². The molecule has 160 valence electrons. The molecular formula is C26H26F2N2O. The number of fused-ring (bicyclic) bond motifs is 3. The maximum absolute atomic E-state index is 14.1. The molecule has 5 heteroatoms. The van der Waals surface area contributed by atoms with E-state index in [1.54, 1.807) is 18.2 Å². The second kappa shape index (κ2) is 7.65. The molecule has 0 atom stereocenters. The number of rotatable bonds is 3. The van der Waals surface area contributed by atoms with E-state index in [1.165, 1.54) is 18.2 Å². The maximum Gasteiger partial charge on any atom is 0.147 e. The fourth-order valence-electron chi connectivity index (χ4n) is 4.76. The van der Waals surface area contributed by atoms with E-state index in [-0.39, 0.29) is 23.8 Å². The number of hydrogen-bond acceptors (Lipinski definition) is 2. The Morgan fingerprint density at radius 2 is 1.58 bits per heavy atom. The van der Waals surface area contributed by atoms with Crippen molar-refractivity contribution in [2.24, 2.45) is 5.73 Å². The number of aromatic amines is 1. The summed E-state index contributed by atoms with van der Waals surface area (Å²) in [7, 11) is 0. The zero-order valence-corrected chi connectivity index (χ0v) is 17.8. The van der Waals surface area contributed by atoms with Crippen LogP contribution in [0.5, 0.6) is 5.75 Å². The van der Waals surface area contributed by atoms with Gasteiger partial charge < -0.3 is 15.5 Å². The van der Waals surface area contributed by atoms with E-state index in [4.69, 9.17) is 10.5 Å². The Hall–Kier alpha value is -2.92. The summed E-state index contributed by atoms with van der Waals surface area (Å²) in [5, 5.41) is 1.67. The van der Waals surface area contributed by atoms with Crippen molar-refractivity contribution in [3.8, 4) is 16.9 Å². The molecular weight excluding hydrogens is 394 g/mol. The third-order valence-electron chi connectivity index (χ3n) is 6.55. The molecule has 5 rings (SSSR count). The summed E-state index contributed by atoms with van der Waals surface area (Å²) in [4.78, 5) is 3.43. The molecule has 4 aromatic rings. The Labute approximate surface area is 180 Å². The number of ether oxygens (including phenoxy) is 1. The Kier molecular flexibility index (Phi) is 4.94. The van der Waals surface area contributed by atoms with Crippen LogP contribution in [-0.4, -0.2) is 17.1 Å². The van der Waals surface area contributed by atoms with Crippen molar-refractivity contribution in [2.45, 2.75) is 51.7 Å². The van der Waals surface area contributed by atoms with Crippen molar-refractivity contribution in [3.63, 3.8) is 0 Å². The van der Waals surface area contributed by atoms with Gasteiger partial charge in [-0.15, -0.1) is 0 Å². The van der Waals surface area contributed by atoms with Crippen molar-refractivity contribution >= 4 is 21.8 Å². The highest BCUT2D eigenvalue weighted by molar-refractivity contribution is 6.11. The Bertz CT molecular complexity index is 1290. The number of halogens is 2. The first-order valence-electron chi connectivity index (χ1n) is 10.8. The fraction of sp³-hybridized carbons (Fsp3) is 0.308. The predicted octanol–water partition coefficient (Wildman–Crippen LogP) is 6.53. The zero-order chi connectivity index (χ0) is 21.7. The average molecular weight is 421 g/mol. The number of aromatic nitrogens is 1. The van der Waals surface area contributed by atoms with Crippen LogP contribution in [-0.2, 0) is 0 Å². The second-order valence-electron chi connectivity index (χ2n) is 8.73. The van der Waals surface area contributed by atoms with Gasteiger partial charge in [-0.1, -0.05) is 6.07 Å². The number of H-pyrrole nitrogens is 1. The lowest BCUT2D eigenvalue weighted by molar-refractivity contribution is 0.148. The Balaban J connectivity index is 1.75. The van der Waals surface area contributed by atoms with Gasteiger partial charge in [-0.3, -0.25) is 0 Å². The van der Waals surface area contributed by atoms with Crippen molar-refractivity contribution in [1.82, 2.24) is 4.98 Å². The van der Waals surface area contributed by atoms with Gasteiger partial charge in [-0.05, 0) is 92.6 Å².